The quantitative estimate of drug-likeness (QED) is 0.897. The van der Waals surface area contributed by atoms with Gasteiger partial charge in [-0.05, 0) is 24.1 Å². The van der Waals surface area contributed by atoms with Crippen molar-refractivity contribution in [1.82, 2.24) is 5.32 Å². The van der Waals surface area contributed by atoms with Crippen LogP contribution in [0, 0.1) is 0 Å². The summed E-state index contributed by atoms with van der Waals surface area (Å²) in [6, 6.07) is 21.6. The van der Waals surface area contributed by atoms with E-state index in [0.717, 1.165) is 13.2 Å². The fourth-order valence-electron chi connectivity index (χ4n) is 2.92. The SMILES string of the molecule is c1ccc(COC[C@@H]2NCC[C@@H]2c2ccccc2)cc1. The molecule has 1 aliphatic heterocycles. The number of hydrogen-bond donors (Lipinski definition) is 1. The monoisotopic (exact) mass is 267 g/mol. The first kappa shape index (κ1) is 13.3. The molecule has 2 nitrogen and oxygen atoms in total. The Balaban J connectivity index is 1.54. The molecule has 0 saturated carbocycles. The maximum absolute atomic E-state index is 5.89. The lowest BCUT2D eigenvalue weighted by molar-refractivity contribution is 0.0994. The topological polar surface area (TPSA) is 21.3 Å². The molecule has 1 aliphatic rings. The van der Waals surface area contributed by atoms with Crippen LogP contribution >= 0.6 is 0 Å². The van der Waals surface area contributed by atoms with Crippen LogP contribution in [0.1, 0.15) is 23.5 Å². The summed E-state index contributed by atoms with van der Waals surface area (Å²) < 4.78 is 5.89. The number of benzene rings is 2. The molecular weight excluding hydrogens is 246 g/mol. The molecule has 0 aliphatic carbocycles. The molecule has 20 heavy (non-hydrogen) atoms. The van der Waals surface area contributed by atoms with Gasteiger partial charge in [0.25, 0.3) is 0 Å². The van der Waals surface area contributed by atoms with Crippen LogP contribution in [0.15, 0.2) is 60.7 Å². The van der Waals surface area contributed by atoms with E-state index in [9.17, 15) is 0 Å². The van der Waals surface area contributed by atoms with Crippen molar-refractivity contribution in [3.8, 4) is 0 Å². The number of rotatable bonds is 5. The maximum Gasteiger partial charge on any atom is 0.0717 e. The molecule has 1 saturated heterocycles. The third kappa shape index (κ3) is 3.27. The highest BCUT2D eigenvalue weighted by Gasteiger charge is 2.27. The van der Waals surface area contributed by atoms with Crippen molar-refractivity contribution in [3.05, 3.63) is 71.8 Å². The zero-order valence-corrected chi connectivity index (χ0v) is 11.7. The van der Waals surface area contributed by atoms with E-state index in [2.05, 4.69) is 59.9 Å². The average Bonchev–Trinajstić information content (AvgIpc) is 2.98. The minimum absolute atomic E-state index is 0.432. The average molecular weight is 267 g/mol. The van der Waals surface area contributed by atoms with E-state index in [1.807, 2.05) is 6.07 Å². The second-order valence-electron chi connectivity index (χ2n) is 5.37. The van der Waals surface area contributed by atoms with E-state index in [1.54, 1.807) is 0 Å². The van der Waals surface area contributed by atoms with Crippen LogP contribution in [-0.2, 0) is 11.3 Å². The Morgan fingerprint density at radius 3 is 2.40 bits per heavy atom. The van der Waals surface area contributed by atoms with Crippen LogP contribution in [0.25, 0.3) is 0 Å². The first-order valence-electron chi connectivity index (χ1n) is 7.33. The smallest absolute Gasteiger partial charge is 0.0717 e. The zero-order chi connectivity index (χ0) is 13.6. The molecule has 0 bridgehead atoms. The van der Waals surface area contributed by atoms with Crippen LogP contribution in [-0.4, -0.2) is 19.2 Å². The van der Waals surface area contributed by atoms with Crippen molar-refractivity contribution >= 4 is 0 Å². The highest BCUT2D eigenvalue weighted by molar-refractivity contribution is 5.22. The fraction of sp³-hybridized carbons (Fsp3) is 0.333. The Kier molecular flexibility index (Phi) is 4.46. The van der Waals surface area contributed by atoms with Gasteiger partial charge in [0.15, 0.2) is 0 Å². The van der Waals surface area contributed by atoms with Crippen molar-refractivity contribution in [1.29, 1.82) is 0 Å². The summed E-state index contributed by atoms with van der Waals surface area (Å²) >= 11 is 0. The summed E-state index contributed by atoms with van der Waals surface area (Å²) in [5, 5.41) is 3.57. The summed E-state index contributed by atoms with van der Waals surface area (Å²) in [6.07, 6.45) is 1.20. The van der Waals surface area contributed by atoms with Gasteiger partial charge in [0.1, 0.15) is 0 Å². The summed E-state index contributed by atoms with van der Waals surface area (Å²) in [6.45, 7) is 2.55. The summed E-state index contributed by atoms with van der Waals surface area (Å²) in [7, 11) is 0. The molecular formula is C18H21NO. The number of nitrogens with one attached hydrogen (secondary N) is 1. The lowest BCUT2D eigenvalue weighted by Gasteiger charge is -2.20. The summed E-state index contributed by atoms with van der Waals surface area (Å²) in [4.78, 5) is 0. The molecule has 1 N–H and O–H groups in total. The van der Waals surface area contributed by atoms with Gasteiger partial charge in [-0.25, -0.2) is 0 Å². The molecule has 0 amide bonds. The molecule has 3 rings (SSSR count). The predicted molar refractivity (Wildman–Crippen MR) is 81.7 cm³/mol. The first-order valence-corrected chi connectivity index (χ1v) is 7.33. The Morgan fingerprint density at radius 2 is 1.65 bits per heavy atom. The van der Waals surface area contributed by atoms with Crippen LogP contribution in [0.3, 0.4) is 0 Å². The van der Waals surface area contributed by atoms with Crippen LogP contribution in [0.2, 0.25) is 0 Å². The van der Waals surface area contributed by atoms with E-state index in [0.29, 0.717) is 18.6 Å². The lowest BCUT2D eigenvalue weighted by atomic mass is 9.92. The second kappa shape index (κ2) is 6.69. The van der Waals surface area contributed by atoms with Gasteiger partial charge in [-0.3, -0.25) is 0 Å². The highest BCUT2D eigenvalue weighted by Crippen LogP contribution is 2.27. The van der Waals surface area contributed by atoms with Gasteiger partial charge in [0.05, 0.1) is 13.2 Å². The van der Waals surface area contributed by atoms with Crippen molar-refractivity contribution in [3.63, 3.8) is 0 Å². The van der Waals surface area contributed by atoms with Crippen LogP contribution in [0.4, 0.5) is 0 Å². The third-order valence-electron chi connectivity index (χ3n) is 3.98. The van der Waals surface area contributed by atoms with E-state index < -0.39 is 0 Å². The minimum Gasteiger partial charge on any atom is -0.375 e. The normalized spacial score (nSPS) is 22.0. The Labute approximate surface area is 120 Å². The largest absolute Gasteiger partial charge is 0.375 e. The molecule has 1 fully saturated rings. The van der Waals surface area contributed by atoms with Gasteiger partial charge in [0, 0.05) is 12.0 Å². The molecule has 2 aromatic rings. The van der Waals surface area contributed by atoms with Crippen LogP contribution < -0.4 is 5.32 Å². The van der Waals surface area contributed by atoms with Gasteiger partial charge in [-0.2, -0.15) is 0 Å². The molecule has 1 heterocycles. The van der Waals surface area contributed by atoms with Crippen molar-refractivity contribution < 1.29 is 4.74 Å². The molecule has 0 spiro atoms. The van der Waals surface area contributed by atoms with E-state index in [-0.39, 0.29) is 0 Å². The van der Waals surface area contributed by atoms with Crippen molar-refractivity contribution in [2.24, 2.45) is 0 Å². The standard InChI is InChI=1S/C18H21NO/c1-3-7-15(8-4-1)13-20-14-18-17(11-12-19-18)16-9-5-2-6-10-16/h1-10,17-19H,11-14H2/t17-,18+/m1/s1. The predicted octanol–water partition coefficient (Wildman–Crippen LogP) is 3.35. The molecule has 0 radical (unpaired) electrons. The van der Waals surface area contributed by atoms with Gasteiger partial charge in [0.2, 0.25) is 0 Å². The zero-order valence-electron chi connectivity index (χ0n) is 11.7. The molecule has 104 valence electrons. The van der Waals surface area contributed by atoms with E-state index >= 15 is 0 Å². The van der Waals surface area contributed by atoms with Crippen molar-refractivity contribution in [2.45, 2.75) is 25.0 Å². The van der Waals surface area contributed by atoms with E-state index in [4.69, 9.17) is 4.74 Å². The van der Waals surface area contributed by atoms with Gasteiger partial charge < -0.3 is 10.1 Å². The molecule has 2 heteroatoms. The Bertz CT molecular complexity index is 511. The maximum atomic E-state index is 5.89. The Hall–Kier alpha value is -1.64. The van der Waals surface area contributed by atoms with Crippen molar-refractivity contribution in [2.75, 3.05) is 13.2 Å². The Morgan fingerprint density at radius 1 is 0.950 bits per heavy atom. The number of hydrogen-bond acceptors (Lipinski definition) is 2. The second-order valence-corrected chi connectivity index (χ2v) is 5.37. The molecule has 0 aromatic heterocycles. The van der Waals surface area contributed by atoms with Gasteiger partial charge >= 0.3 is 0 Å². The van der Waals surface area contributed by atoms with Gasteiger partial charge in [-0.1, -0.05) is 60.7 Å². The molecule has 2 aromatic carbocycles. The van der Waals surface area contributed by atoms with E-state index in [1.165, 1.54) is 17.5 Å². The highest BCUT2D eigenvalue weighted by atomic mass is 16.5. The molecule has 2 atom stereocenters. The molecule has 0 unspecified atom stereocenters. The lowest BCUT2D eigenvalue weighted by Crippen LogP contribution is -2.31. The third-order valence-corrected chi connectivity index (χ3v) is 3.98. The summed E-state index contributed by atoms with van der Waals surface area (Å²) in [5.74, 6) is 0.576. The first-order chi connectivity index (χ1) is 9.93. The summed E-state index contributed by atoms with van der Waals surface area (Å²) in [5.41, 5.74) is 2.66. The van der Waals surface area contributed by atoms with Crippen LogP contribution in [0.5, 0.6) is 0 Å². The number of ether oxygens (including phenoxy) is 1. The van der Waals surface area contributed by atoms with Gasteiger partial charge in [-0.15, -0.1) is 0 Å². The minimum atomic E-state index is 0.432. The fourth-order valence-corrected chi connectivity index (χ4v) is 2.92.